The Morgan fingerprint density at radius 3 is 2.81 bits per heavy atom. The van der Waals surface area contributed by atoms with E-state index >= 15 is 0 Å². The van der Waals surface area contributed by atoms with Crippen LogP contribution < -0.4 is 11.1 Å². The number of aliphatic hydroxyl groups is 1. The smallest absolute Gasteiger partial charge is 0.143 e. The van der Waals surface area contributed by atoms with Crippen molar-refractivity contribution in [3.05, 3.63) is 0 Å². The van der Waals surface area contributed by atoms with Gasteiger partial charge < -0.3 is 21.4 Å². The largest absolute Gasteiger partial charge is 0.409 e. The molecule has 1 aliphatic carbocycles. The summed E-state index contributed by atoms with van der Waals surface area (Å²) in [6, 6.07) is 0.149. The van der Waals surface area contributed by atoms with Gasteiger partial charge in [-0.05, 0) is 12.8 Å². The molecular weight excluding hydrogens is 206 g/mol. The Kier molecular flexibility index (Phi) is 5.55. The lowest BCUT2D eigenvalue weighted by atomic mass is 10.0. The summed E-state index contributed by atoms with van der Waals surface area (Å²) in [5.74, 6) is 0.219. The van der Waals surface area contributed by atoms with E-state index < -0.39 is 0 Å². The standard InChI is InChI=1S/C11H23N3O2/c1-8(11(12)14-16)7-13-9-5-3-2-4-6-10(9)15/h8-10,13,15-16H,2-7H2,1H3,(H2,12,14). The fourth-order valence-corrected chi connectivity index (χ4v) is 2.06. The Morgan fingerprint density at radius 1 is 1.44 bits per heavy atom. The van der Waals surface area contributed by atoms with Crippen LogP contribution in [0.5, 0.6) is 0 Å². The van der Waals surface area contributed by atoms with Gasteiger partial charge in [-0.2, -0.15) is 0 Å². The Hall–Kier alpha value is -0.810. The lowest BCUT2D eigenvalue weighted by Gasteiger charge is -2.23. The van der Waals surface area contributed by atoms with Gasteiger partial charge in [-0.1, -0.05) is 31.3 Å². The van der Waals surface area contributed by atoms with Gasteiger partial charge in [-0.3, -0.25) is 0 Å². The molecule has 3 unspecified atom stereocenters. The molecule has 5 heteroatoms. The van der Waals surface area contributed by atoms with Crippen LogP contribution >= 0.6 is 0 Å². The summed E-state index contributed by atoms with van der Waals surface area (Å²) in [7, 11) is 0. The van der Waals surface area contributed by atoms with Crippen LogP contribution in [-0.2, 0) is 0 Å². The average molecular weight is 229 g/mol. The summed E-state index contributed by atoms with van der Waals surface area (Å²) in [4.78, 5) is 0. The topological polar surface area (TPSA) is 90.9 Å². The number of nitrogens with two attached hydrogens (primary N) is 1. The summed E-state index contributed by atoms with van der Waals surface area (Å²) >= 11 is 0. The predicted octanol–water partition coefficient (Wildman–Crippen LogP) is 0.652. The van der Waals surface area contributed by atoms with Crippen LogP contribution in [0.4, 0.5) is 0 Å². The average Bonchev–Trinajstić information content (AvgIpc) is 2.50. The third-order valence-corrected chi connectivity index (χ3v) is 3.29. The van der Waals surface area contributed by atoms with Gasteiger partial charge in [0.15, 0.2) is 0 Å². The molecule has 0 amide bonds. The van der Waals surface area contributed by atoms with Crippen molar-refractivity contribution >= 4 is 5.84 Å². The van der Waals surface area contributed by atoms with E-state index in [1.165, 1.54) is 6.42 Å². The normalized spacial score (nSPS) is 29.8. The molecule has 5 N–H and O–H groups in total. The lowest BCUT2D eigenvalue weighted by molar-refractivity contribution is 0.119. The van der Waals surface area contributed by atoms with Crippen molar-refractivity contribution in [3.63, 3.8) is 0 Å². The maximum absolute atomic E-state index is 9.88. The maximum Gasteiger partial charge on any atom is 0.143 e. The van der Waals surface area contributed by atoms with E-state index in [2.05, 4.69) is 10.5 Å². The van der Waals surface area contributed by atoms with Gasteiger partial charge in [0.25, 0.3) is 0 Å². The van der Waals surface area contributed by atoms with Crippen molar-refractivity contribution < 1.29 is 10.3 Å². The summed E-state index contributed by atoms with van der Waals surface area (Å²) in [5.41, 5.74) is 5.50. The number of hydrogen-bond acceptors (Lipinski definition) is 4. The molecule has 1 saturated carbocycles. The Balaban J connectivity index is 2.35. The van der Waals surface area contributed by atoms with E-state index in [4.69, 9.17) is 10.9 Å². The van der Waals surface area contributed by atoms with Crippen LogP contribution in [0.15, 0.2) is 5.16 Å². The molecule has 0 bridgehead atoms. The third-order valence-electron chi connectivity index (χ3n) is 3.29. The van der Waals surface area contributed by atoms with E-state index in [1.54, 1.807) is 0 Å². The minimum absolute atomic E-state index is 0.0135. The molecule has 0 aromatic heterocycles. The molecule has 1 rings (SSSR count). The fraction of sp³-hybridized carbons (Fsp3) is 0.909. The van der Waals surface area contributed by atoms with Crippen molar-refractivity contribution in [2.45, 2.75) is 51.2 Å². The van der Waals surface area contributed by atoms with Gasteiger partial charge in [0.2, 0.25) is 0 Å². The van der Waals surface area contributed by atoms with Gasteiger partial charge in [-0.25, -0.2) is 0 Å². The van der Waals surface area contributed by atoms with Gasteiger partial charge in [0.05, 0.1) is 6.10 Å². The summed E-state index contributed by atoms with van der Waals surface area (Å²) in [6.07, 6.45) is 5.08. The maximum atomic E-state index is 9.88. The Morgan fingerprint density at radius 2 is 2.12 bits per heavy atom. The molecule has 0 aliphatic heterocycles. The van der Waals surface area contributed by atoms with Crippen molar-refractivity contribution in [3.8, 4) is 0 Å². The number of rotatable bonds is 4. The summed E-state index contributed by atoms with van der Waals surface area (Å²) in [6.45, 7) is 2.53. The third kappa shape index (κ3) is 3.98. The highest BCUT2D eigenvalue weighted by atomic mass is 16.4. The zero-order chi connectivity index (χ0) is 12.0. The second-order valence-electron chi connectivity index (χ2n) is 4.65. The van der Waals surface area contributed by atoms with Crippen molar-refractivity contribution in [2.75, 3.05) is 6.54 Å². The van der Waals surface area contributed by atoms with Crippen LogP contribution in [0.2, 0.25) is 0 Å². The van der Waals surface area contributed by atoms with Gasteiger partial charge in [0, 0.05) is 18.5 Å². The van der Waals surface area contributed by atoms with E-state index in [0.717, 1.165) is 25.7 Å². The number of nitrogens with zero attached hydrogens (tertiary/aromatic N) is 1. The molecule has 1 aliphatic rings. The second-order valence-corrected chi connectivity index (χ2v) is 4.65. The zero-order valence-corrected chi connectivity index (χ0v) is 9.89. The van der Waals surface area contributed by atoms with Crippen LogP contribution in [-0.4, -0.2) is 34.8 Å². The molecule has 0 heterocycles. The fourth-order valence-electron chi connectivity index (χ4n) is 2.06. The van der Waals surface area contributed by atoms with Crippen LogP contribution in [0, 0.1) is 5.92 Å². The first-order valence-electron chi connectivity index (χ1n) is 6.04. The molecule has 5 nitrogen and oxygen atoms in total. The summed E-state index contributed by atoms with van der Waals surface area (Å²) < 4.78 is 0. The first kappa shape index (κ1) is 13.3. The first-order valence-corrected chi connectivity index (χ1v) is 6.04. The van der Waals surface area contributed by atoms with E-state index in [9.17, 15) is 5.11 Å². The Labute approximate surface area is 96.7 Å². The van der Waals surface area contributed by atoms with Crippen molar-refractivity contribution in [1.29, 1.82) is 0 Å². The SMILES string of the molecule is CC(CNC1CCCCCC1O)C(N)=NO. The number of nitrogens with one attached hydrogen (secondary N) is 1. The van der Waals surface area contributed by atoms with Crippen LogP contribution in [0.3, 0.4) is 0 Å². The molecular formula is C11H23N3O2. The quantitative estimate of drug-likeness (QED) is 0.187. The van der Waals surface area contributed by atoms with Crippen molar-refractivity contribution in [2.24, 2.45) is 16.8 Å². The number of amidine groups is 1. The number of hydrogen-bond donors (Lipinski definition) is 4. The van der Waals surface area contributed by atoms with Gasteiger partial charge in [-0.15, -0.1) is 0 Å². The van der Waals surface area contributed by atoms with Gasteiger partial charge >= 0.3 is 0 Å². The highest BCUT2D eigenvalue weighted by Crippen LogP contribution is 2.18. The minimum Gasteiger partial charge on any atom is -0.409 e. The highest BCUT2D eigenvalue weighted by molar-refractivity contribution is 5.82. The minimum atomic E-state index is -0.262. The van der Waals surface area contributed by atoms with Crippen molar-refractivity contribution in [1.82, 2.24) is 5.32 Å². The highest BCUT2D eigenvalue weighted by Gasteiger charge is 2.21. The second kappa shape index (κ2) is 6.70. The predicted molar refractivity (Wildman–Crippen MR) is 63.5 cm³/mol. The molecule has 0 spiro atoms. The monoisotopic (exact) mass is 229 g/mol. The Bertz CT molecular complexity index is 233. The first-order chi connectivity index (χ1) is 7.65. The lowest BCUT2D eigenvalue weighted by Crippen LogP contribution is -2.43. The molecule has 0 radical (unpaired) electrons. The molecule has 0 aromatic carbocycles. The zero-order valence-electron chi connectivity index (χ0n) is 9.89. The van der Waals surface area contributed by atoms with E-state index in [0.29, 0.717) is 6.54 Å². The molecule has 0 aromatic rings. The molecule has 3 atom stereocenters. The molecule has 0 saturated heterocycles. The van der Waals surface area contributed by atoms with E-state index in [1.807, 2.05) is 6.92 Å². The van der Waals surface area contributed by atoms with Gasteiger partial charge in [0.1, 0.15) is 5.84 Å². The van der Waals surface area contributed by atoms with Crippen LogP contribution in [0.1, 0.15) is 39.0 Å². The molecule has 1 fully saturated rings. The molecule has 94 valence electrons. The number of aliphatic hydroxyl groups excluding tert-OH is 1. The summed E-state index contributed by atoms with van der Waals surface area (Å²) in [5, 5.41) is 24.7. The molecule has 16 heavy (non-hydrogen) atoms. The number of oxime groups is 1. The van der Waals surface area contributed by atoms with E-state index in [-0.39, 0.29) is 23.9 Å². The van der Waals surface area contributed by atoms with Crippen LogP contribution in [0.25, 0.3) is 0 Å².